The van der Waals surface area contributed by atoms with Gasteiger partial charge in [0.1, 0.15) is 0 Å². The quantitative estimate of drug-likeness (QED) is 0.767. The monoisotopic (exact) mass is 360 g/mol. The molecule has 7 nitrogen and oxygen atoms in total. The first-order valence-corrected chi connectivity index (χ1v) is 9.80. The topological polar surface area (TPSA) is 105 Å². The lowest BCUT2D eigenvalue weighted by atomic mass is 10.1. The van der Waals surface area contributed by atoms with Gasteiger partial charge in [0.25, 0.3) is 5.91 Å². The van der Waals surface area contributed by atoms with Gasteiger partial charge in [0.15, 0.2) is 0 Å². The fourth-order valence-electron chi connectivity index (χ4n) is 3.11. The minimum absolute atomic E-state index is 0.191. The Morgan fingerprint density at radius 1 is 1.28 bits per heavy atom. The highest BCUT2D eigenvalue weighted by Gasteiger charge is 2.33. The normalized spacial score (nSPS) is 16.0. The summed E-state index contributed by atoms with van der Waals surface area (Å²) >= 11 is 0. The van der Waals surface area contributed by atoms with E-state index < -0.39 is 10.0 Å². The lowest BCUT2D eigenvalue weighted by Crippen LogP contribution is -2.34. The van der Waals surface area contributed by atoms with Gasteiger partial charge in [0, 0.05) is 24.7 Å². The Kier molecular flexibility index (Phi) is 5.66. The molecule has 1 heterocycles. The van der Waals surface area contributed by atoms with Crippen LogP contribution in [-0.2, 0) is 16.4 Å². The van der Waals surface area contributed by atoms with Crippen molar-refractivity contribution in [3.63, 3.8) is 0 Å². The molecule has 0 N–H and O–H groups in total. The number of benzene rings is 1. The van der Waals surface area contributed by atoms with Crippen molar-refractivity contribution >= 4 is 21.6 Å². The Balaban J connectivity index is 2.30. The average Bonchev–Trinajstić information content (AvgIpc) is 2.89. The van der Waals surface area contributed by atoms with Crippen molar-refractivity contribution in [1.82, 2.24) is 4.90 Å². The van der Waals surface area contributed by atoms with E-state index in [-0.39, 0.29) is 37.9 Å². The van der Waals surface area contributed by atoms with Crippen molar-refractivity contribution in [2.24, 2.45) is 0 Å². The van der Waals surface area contributed by atoms with Crippen LogP contribution in [-0.4, -0.2) is 44.6 Å². The highest BCUT2D eigenvalue weighted by Crippen LogP contribution is 2.34. The van der Waals surface area contributed by atoms with Crippen molar-refractivity contribution in [2.45, 2.75) is 32.2 Å². The third-order valence-electron chi connectivity index (χ3n) is 4.11. The first kappa shape index (κ1) is 18.8. The molecule has 132 valence electrons. The van der Waals surface area contributed by atoms with Gasteiger partial charge in [-0.2, -0.15) is 10.5 Å². The zero-order chi connectivity index (χ0) is 18.6. The predicted octanol–water partition coefficient (Wildman–Crippen LogP) is 1.67. The second-order valence-electron chi connectivity index (χ2n) is 6.06. The van der Waals surface area contributed by atoms with Crippen molar-refractivity contribution in [1.29, 1.82) is 10.5 Å². The molecular formula is C17H20N4O3S. The zero-order valence-corrected chi connectivity index (χ0v) is 15.1. The molecule has 1 unspecified atom stereocenters. The van der Waals surface area contributed by atoms with E-state index in [9.17, 15) is 13.2 Å². The highest BCUT2D eigenvalue weighted by molar-refractivity contribution is 7.92. The minimum atomic E-state index is -3.37. The summed E-state index contributed by atoms with van der Waals surface area (Å²) in [5.74, 6) is -0.251. The Bertz CT molecular complexity index is 834. The molecule has 0 fully saturated rings. The van der Waals surface area contributed by atoms with E-state index in [2.05, 4.69) is 0 Å². The summed E-state index contributed by atoms with van der Waals surface area (Å²) in [7, 11) is -3.37. The molecule has 1 aromatic rings. The fraction of sp³-hybridized carbons (Fsp3) is 0.471. The van der Waals surface area contributed by atoms with Crippen molar-refractivity contribution in [3.8, 4) is 12.1 Å². The highest BCUT2D eigenvalue weighted by atomic mass is 32.2. The van der Waals surface area contributed by atoms with Gasteiger partial charge in [-0.15, -0.1) is 0 Å². The van der Waals surface area contributed by atoms with Gasteiger partial charge in [-0.1, -0.05) is 0 Å². The molecule has 0 bridgehead atoms. The molecule has 1 aromatic carbocycles. The van der Waals surface area contributed by atoms with E-state index in [4.69, 9.17) is 10.5 Å². The SMILES string of the molecule is CC1Cc2cc(C(=O)N(CCC#N)CCC#N)ccc2N1S(C)(=O)=O. The van der Waals surface area contributed by atoms with Crippen LogP contribution in [0.5, 0.6) is 0 Å². The molecule has 1 aliphatic heterocycles. The second-order valence-corrected chi connectivity index (χ2v) is 7.92. The maximum atomic E-state index is 12.7. The summed E-state index contributed by atoms with van der Waals surface area (Å²) in [4.78, 5) is 14.2. The fourth-order valence-corrected chi connectivity index (χ4v) is 4.37. The molecular weight excluding hydrogens is 340 g/mol. The number of hydrogen-bond acceptors (Lipinski definition) is 5. The molecule has 25 heavy (non-hydrogen) atoms. The van der Waals surface area contributed by atoms with E-state index in [1.165, 1.54) is 15.5 Å². The molecule has 8 heteroatoms. The van der Waals surface area contributed by atoms with Gasteiger partial charge in [-0.3, -0.25) is 9.10 Å². The molecule has 1 atom stereocenters. The van der Waals surface area contributed by atoms with E-state index in [1.807, 2.05) is 19.1 Å². The second kappa shape index (κ2) is 7.54. The largest absolute Gasteiger partial charge is 0.337 e. The number of anilines is 1. The molecule has 1 amide bonds. The van der Waals surface area contributed by atoms with Gasteiger partial charge in [-0.05, 0) is 37.1 Å². The number of carbonyl (C=O) groups excluding carboxylic acids is 1. The first-order valence-electron chi connectivity index (χ1n) is 7.95. The lowest BCUT2D eigenvalue weighted by Gasteiger charge is -2.22. The van der Waals surface area contributed by atoms with Crippen LogP contribution in [0.25, 0.3) is 0 Å². The number of nitriles is 2. The maximum Gasteiger partial charge on any atom is 0.253 e. The Labute approximate surface area is 148 Å². The molecule has 1 aliphatic rings. The molecule has 0 saturated carbocycles. The Morgan fingerprint density at radius 2 is 1.88 bits per heavy atom. The van der Waals surface area contributed by atoms with Crippen LogP contribution in [0.3, 0.4) is 0 Å². The Morgan fingerprint density at radius 3 is 2.40 bits per heavy atom. The Hall–Kier alpha value is -2.58. The van der Waals surface area contributed by atoms with Crippen molar-refractivity contribution < 1.29 is 13.2 Å². The summed E-state index contributed by atoms with van der Waals surface area (Å²) < 4.78 is 25.3. The smallest absolute Gasteiger partial charge is 0.253 e. The van der Waals surface area contributed by atoms with Gasteiger partial charge < -0.3 is 4.90 Å². The van der Waals surface area contributed by atoms with E-state index >= 15 is 0 Å². The number of sulfonamides is 1. The summed E-state index contributed by atoms with van der Waals surface area (Å²) in [6.07, 6.45) is 2.10. The van der Waals surface area contributed by atoms with Crippen LogP contribution in [0.1, 0.15) is 35.7 Å². The molecule has 0 radical (unpaired) electrons. The summed E-state index contributed by atoms with van der Waals surface area (Å²) in [6, 6.07) is 8.78. The molecule has 0 aromatic heterocycles. The third-order valence-corrected chi connectivity index (χ3v) is 5.38. The number of carbonyl (C=O) groups is 1. The van der Waals surface area contributed by atoms with E-state index in [0.29, 0.717) is 17.7 Å². The first-order chi connectivity index (χ1) is 11.8. The number of fused-ring (bicyclic) bond motifs is 1. The van der Waals surface area contributed by atoms with Crippen LogP contribution < -0.4 is 4.31 Å². The number of nitrogens with zero attached hydrogens (tertiary/aromatic N) is 4. The van der Waals surface area contributed by atoms with Crippen LogP contribution in [0.15, 0.2) is 18.2 Å². The summed E-state index contributed by atoms with van der Waals surface area (Å²) in [6.45, 7) is 2.36. The molecule has 0 aliphatic carbocycles. The maximum absolute atomic E-state index is 12.7. The molecule has 0 spiro atoms. The van der Waals surface area contributed by atoms with Gasteiger partial charge in [-0.25, -0.2) is 8.42 Å². The number of rotatable bonds is 6. The third kappa shape index (κ3) is 4.09. The van der Waals surface area contributed by atoms with Crippen molar-refractivity contribution in [2.75, 3.05) is 23.7 Å². The van der Waals surface area contributed by atoms with Gasteiger partial charge in [0.05, 0.1) is 36.9 Å². The predicted molar refractivity (Wildman–Crippen MR) is 93.3 cm³/mol. The summed E-state index contributed by atoms with van der Waals surface area (Å²) in [5, 5.41) is 17.5. The number of amides is 1. The van der Waals surface area contributed by atoms with Crippen LogP contribution in [0, 0.1) is 22.7 Å². The summed E-state index contributed by atoms with van der Waals surface area (Å²) in [5.41, 5.74) is 1.86. The van der Waals surface area contributed by atoms with E-state index in [0.717, 1.165) is 5.56 Å². The van der Waals surface area contributed by atoms with E-state index in [1.54, 1.807) is 18.2 Å². The lowest BCUT2D eigenvalue weighted by molar-refractivity contribution is 0.0762. The van der Waals surface area contributed by atoms with Crippen LogP contribution in [0.4, 0.5) is 5.69 Å². The number of hydrogen-bond donors (Lipinski definition) is 0. The molecule has 2 rings (SSSR count). The van der Waals surface area contributed by atoms with Crippen LogP contribution >= 0.6 is 0 Å². The minimum Gasteiger partial charge on any atom is -0.337 e. The van der Waals surface area contributed by atoms with Gasteiger partial charge >= 0.3 is 0 Å². The zero-order valence-electron chi connectivity index (χ0n) is 14.3. The van der Waals surface area contributed by atoms with Gasteiger partial charge in [0.2, 0.25) is 10.0 Å². The average molecular weight is 360 g/mol. The standard InChI is InChI=1S/C17H20N4O3S/c1-13-11-15-12-14(5-6-16(15)21(13)25(2,23)24)17(22)20(9-3-7-18)10-4-8-19/h5-6,12-13H,3-4,9-11H2,1-2H3. The van der Waals surface area contributed by atoms with Crippen molar-refractivity contribution in [3.05, 3.63) is 29.3 Å². The molecule has 0 saturated heterocycles. The van der Waals surface area contributed by atoms with Crippen LogP contribution in [0.2, 0.25) is 0 Å².